The van der Waals surface area contributed by atoms with Crippen LogP contribution in [0.2, 0.25) is 0 Å². The Bertz CT molecular complexity index is 955. The fourth-order valence-electron chi connectivity index (χ4n) is 2.98. The van der Waals surface area contributed by atoms with Crippen molar-refractivity contribution < 1.29 is 9.53 Å². The molecule has 0 saturated heterocycles. The van der Waals surface area contributed by atoms with Crippen LogP contribution >= 0.6 is 0 Å². The number of carbonyl (C=O) groups excluding carboxylic acids is 1. The van der Waals surface area contributed by atoms with Gasteiger partial charge in [0.15, 0.2) is 0 Å². The average Bonchev–Trinajstić information content (AvgIpc) is 2.89. The highest BCUT2D eigenvalue weighted by Crippen LogP contribution is 2.27. The fourth-order valence-corrected chi connectivity index (χ4v) is 2.98. The van der Waals surface area contributed by atoms with Crippen LogP contribution in [0.1, 0.15) is 32.0 Å². The van der Waals surface area contributed by atoms with Crippen LogP contribution in [0.5, 0.6) is 0 Å². The largest absolute Gasteiger partial charge is 0.444 e. The molecule has 4 N–H and O–H groups in total. The highest BCUT2D eigenvalue weighted by Gasteiger charge is 2.16. The van der Waals surface area contributed by atoms with Gasteiger partial charge in [-0.15, -0.1) is 0 Å². The minimum Gasteiger partial charge on any atom is -0.444 e. The van der Waals surface area contributed by atoms with Gasteiger partial charge in [0.2, 0.25) is 5.95 Å². The van der Waals surface area contributed by atoms with Crippen molar-refractivity contribution in [3.05, 3.63) is 41.9 Å². The normalized spacial score (nSPS) is 11.6. The number of H-pyrrole nitrogens is 1. The molecule has 0 spiro atoms. The number of hydrogen-bond donors (Lipinski definition) is 3. The van der Waals surface area contributed by atoms with Gasteiger partial charge in [-0.3, -0.25) is 0 Å². The summed E-state index contributed by atoms with van der Waals surface area (Å²) in [5, 5.41) is 3.95. The van der Waals surface area contributed by atoms with Gasteiger partial charge in [-0.1, -0.05) is 12.1 Å². The van der Waals surface area contributed by atoms with E-state index in [1.807, 2.05) is 33.8 Å². The van der Waals surface area contributed by atoms with Gasteiger partial charge in [0, 0.05) is 41.1 Å². The standard InChI is InChI=1S/C20H25N5O2/c1-12-15(7-8-22-19(26)27-20(2,3)4)16-6-5-13(9-17(16)25-12)14-10-23-18(21)24-11-14/h5-6,9-11,25H,7-8H2,1-4H3,(H,22,26)(H2,21,23,24). The number of nitrogens with zero attached hydrogens (tertiary/aromatic N) is 2. The SMILES string of the molecule is Cc1[nH]c2cc(-c3cnc(N)nc3)ccc2c1CCNC(=O)OC(C)(C)C. The molecule has 2 aromatic heterocycles. The molecule has 1 aromatic carbocycles. The van der Waals surface area contributed by atoms with E-state index in [0.29, 0.717) is 6.54 Å². The third-order valence-corrected chi connectivity index (χ3v) is 4.17. The highest BCUT2D eigenvalue weighted by atomic mass is 16.6. The Balaban J connectivity index is 1.74. The number of benzene rings is 1. The van der Waals surface area contributed by atoms with Crippen LogP contribution in [0.15, 0.2) is 30.6 Å². The Labute approximate surface area is 158 Å². The molecule has 3 aromatic rings. The third-order valence-electron chi connectivity index (χ3n) is 4.17. The number of anilines is 1. The number of carbonyl (C=O) groups is 1. The number of rotatable bonds is 4. The third kappa shape index (κ3) is 4.55. The number of amides is 1. The van der Waals surface area contributed by atoms with Gasteiger partial charge in [0.1, 0.15) is 5.60 Å². The van der Waals surface area contributed by atoms with Gasteiger partial charge in [-0.2, -0.15) is 0 Å². The molecule has 0 fully saturated rings. The number of nitrogens with two attached hydrogens (primary N) is 1. The van der Waals surface area contributed by atoms with E-state index in [4.69, 9.17) is 10.5 Å². The quantitative estimate of drug-likeness (QED) is 0.653. The molecule has 0 atom stereocenters. The molecule has 7 nitrogen and oxygen atoms in total. The fraction of sp³-hybridized carbons (Fsp3) is 0.350. The lowest BCUT2D eigenvalue weighted by molar-refractivity contribution is 0.0528. The molecule has 0 radical (unpaired) electrons. The summed E-state index contributed by atoms with van der Waals surface area (Å²) in [5.41, 5.74) is 10.3. The molecule has 0 aliphatic rings. The van der Waals surface area contributed by atoms with Crippen molar-refractivity contribution in [2.45, 2.75) is 39.7 Å². The van der Waals surface area contributed by atoms with Crippen molar-refractivity contribution in [3.8, 4) is 11.1 Å². The zero-order valence-electron chi connectivity index (χ0n) is 16.1. The summed E-state index contributed by atoms with van der Waals surface area (Å²) in [6.07, 6.45) is 3.75. The van der Waals surface area contributed by atoms with Crippen LogP contribution in [0.25, 0.3) is 22.0 Å². The Kier molecular flexibility index (Phi) is 5.03. The molecular formula is C20H25N5O2. The van der Waals surface area contributed by atoms with E-state index < -0.39 is 11.7 Å². The van der Waals surface area contributed by atoms with Crippen LogP contribution < -0.4 is 11.1 Å². The molecule has 0 unspecified atom stereocenters. The predicted molar refractivity (Wildman–Crippen MR) is 106 cm³/mol. The first-order chi connectivity index (χ1) is 12.7. The summed E-state index contributed by atoms with van der Waals surface area (Å²) in [6, 6.07) is 6.19. The summed E-state index contributed by atoms with van der Waals surface area (Å²) in [6.45, 7) is 8.09. The summed E-state index contributed by atoms with van der Waals surface area (Å²) < 4.78 is 5.27. The molecule has 1 amide bonds. The molecule has 142 valence electrons. The van der Waals surface area contributed by atoms with E-state index in [1.54, 1.807) is 12.4 Å². The van der Waals surface area contributed by atoms with Gasteiger partial charge in [-0.05, 0) is 51.3 Å². The van der Waals surface area contributed by atoms with E-state index >= 15 is 0 Å². The number of fused-ring (bicyclic) bond motifs is 1. The van der Waals surface area contributed by atoms with E-state index in [9.17, 15) is 4.79 Å². The van der Waals surface area contributed by atoms with Crippen molar-refractivity contribution in [3.63, 3.8) is 0 Å². The van der Waals surface area contributed by atoms with Crippen molar-refractivity contribution in [1.29, 1.82) is 0 Å². The summed E-state index contributed by atoms with van der Waals surface area (Å²) in [5.74, 6) is 0.260. The van der Waals surface area contributed by atoms with Crippen LogP contribution in [0.3, 0.4) is 0 Å². The molecule has 0 aliphatic heterocycles. The van der Waals surface area contributed by atoms with Crippen molar-refractivity contribution in [1.82, 2.24) is 20.3 Å². The maximum atomic E-state index is 11.8. The van der Waals surface area contributed by atoms with Crippen molar-refractivity contribution in [2.75, 3.05) is 12.3 Å². The number of alkyl carbamates (subject to hydrolysis) is 1. The predicted octanol–water partition coefficient (Wildman–Crippen LogP) is 3.58. The second-order valence-corrected chi connectivity index (χ2v) is 7.50. The minimum atomic E-state index is -0.497. The van der Waals surface area contributed by atoms with Crippen LogP contribution in [0, 0.1) is 6.92 Å². The molecule has 7 heteroatoms. The van der Waals surface area contributed by atoms with Gasteiger partial charge in [0.25, 0.3) is 0 Å². The zero-order valence-corrected chi connectivity index (χ0v) is 16.1. The lowest BCUT2D eigenvalue weighted by Crippen LogP contribution is -2.33. The molecular weight excluding hydrogens is 342 g/mol. The maximum Gasteiger partial charge on any atom is 0.407 e. The molecule has 0 aliphatic carbocycles. The van der Waals surface area contributed by atoms with Crippen LogP contribution in [0.4, 0.5) is 10.7 Å². The number of aromatic amines is 1. The summed E-state index contributed by atoms with van der Waals surface area (Å²) in [4.78, 5) is 23.3. The van der Waals surface area contributed by atoms with Gasteiger partial charge in [0.05, 0.1) is 0 Å². The topological polar surface area (TPSA) is 106 Å². The average molecular weight is 367 g/mol. The van der Waals surface area contributed by atoms with Crippen molar-refractivity contribution >= 4 is 22.9 Å². The molecule has 0 saturated carbocycles. The Morgan fingerprint density at radius 3 is 2.59 bits per heavy atom. The van der Waals surface area contributed by atoms with Crippen molar-refractivity contribution in [2.24, 2.45) is 0 Å². The number of nitrogens with one attached hydrogen (secondary N) is 2. The van der Waals surface area contributed by atoms with E-state index in [1.165, 1.54) is 5.56 Å². The second kappa shape index (κ2) is 7.26. The summed E-state index contributed by atoms with van der Waals surface area (Å²) >= 11 is 0. The van der Waals surface area contributed by atoms with Crippen LogP contribution in [-0.4, -0.2) is 33.2 Å². The van der Waals surface area contributed by atoms with E-state index in [-0.39, 0.29) is 5.95 Å². The molecule has 3 rings (SSSR count). The Hall–Kier alpha value is -3.09. The summed E-state index contributed by atoms with van der Waals surface area (Å²) in [7, 11) is 0. The van der Waals surface area contributed by atoms with E-state index in [2.05, 4.69) is 32.4 Å². The van der Waals surface area contributed by atoms with Crippen LogP contribution in [-0.2, 0) is 11.2 Å². The first-order valence-corrected chi connectivity index (χ1v) is 8.89. The van der Waals surface area contributed by atoms with E-state index in [0.717, 1.165) is 34.1 Å². The van der Waals surface area contributed by atoms with Gasteiger partial charge < -0.3 is 20.8 Å². The number of aryl methyl sites for hydroxylation is 1. The minimum absolute atomic E-state index is 0.260. The Morgan fingerprint density at radius 2 is 1.93 bits per heavy atom. The first kappa shape index (κ1) is 18.7. The number of ether oxygens (including phenoxy) is 1. The zero-order chi connectivity index (χ0) is 19.6. The molecule has 0 bridgehead atoms. The monoisotopic (exact) mass is 367 g/mol. The Morgan fingerprint density at radius 1 is 1.22 bits per heavy atom. The van der Waals surface area contributed by atoms with Gasteiger partial charge in [-0.25, -0.2) is 14.8 Å². The first-order valence-electron chi connectivity index (χ1n) is 8.89. The smallest absolute Gasteiger partial charge is 0.407 e. The number of aromatic nitrogens is 3. The number of hydrogen-bond acceptors (Lipinski definition) is 5. The lowest BCUT2D eigenvalue weighted by atomic mass is 10.0. The number of nitrogen functional groups attached to an aromatic ring is 1. The second-order valence-electron chi connectivity index (χ2n) is 7.50. The molecule has 27 heavy (non-hydrogen) atoms. The molecule has 2 heterocycles. The maximum absolute atomic E-state index is 11.8. The highest BCUT2D eigenvalue weighted by molar-refractivity contribution is 5.88. The lowest BCUT2D eigenvalue weighted by Gasteiger charge is -2.19. The van der Waals surface area contributed by atoms with Gasteiger partial charge >= 0.3 is 6.09 Å².